The molecule has 1 fully saturated rings. The van der Waals surface area contributed by atoms with Gasteiger partial charge in [0, 0.05) is 25.2 Å². The van der Waals surface area contributed by atoms with Crippen LogP contribution in [0.4, 0.5) is 5.69 Å². The lowest BCUT2D eigenvalue weighted by Gasteiger charge is -2.23. The molecule has 1 saturated heterocycles. The molecule has 2 amide bonds. The molecule has 1 heterocycles. The van der Waals surface area contributed by atoms with Crippen molar-refractivity contribution >= 4 is 29.9 Å². The topological polar surface area (TPSA) is 75.4 Å². The number of nitrogens with zero attached hydrogens (tertiary/aromatic N) is 1. The van der Waals surface area contributed by atoms with Gasteiger partial charge in [0.15, 0.2) is 0 Å². The van der Waals surface area contributed by atoms with Crippen LogP contribution in [0.1, 0.15) is 45.1 Å². The predicted molar refractivity (Wildman–Crippen MR) is 94.6 cm³/mol. The molecular formula is C17H26ClN3O2. The molecule has 0 saturated carbocycles. The SMILES string of the molecule is CCCC(C)(N)C(=O)NCc1cccc(N2CCCC2=O)c1.Cl. The van der Waals surface area contributed by atoms with E-state index in [1.165, 1.54) is 0 Å². The largest absolute Gasteiger partial charge is 0.350 e. The van der Waals surface area contributed by atoms with Crippen LogP contribution in [0.25, 0.3) is 0 Å². The molecular weight excluding hydrogens is 314 g/mol. The Balaban J connectivity index is 0.00000264. The summed E-state index contributed by atoms with van der Waals surface area (Å²) >= 11 is 0. The van der Waals surface area contributed by atoms with Crippen LogP contribution in [0.15, 0.2) is 24.3 Å². The van der Waals surface area contributed by atoms with Gasteiger partial charge in [-0.05, 0) is 37.5 Å². The first-order valence-electron chi connectivity index (χ1n) is 7.90. The molecule has 1 aromatic rings. The molecule has 128 valence electrons. The van der Waals surface area contributed by atoms with Crippen molar-refractivity contribution < 1.29 is 9.59 Å². The zero-order valence-corrected chi connectivity index (χ0v) is 14.6. The van der Waals surface area contributed by atoms with Gasteiger partial charge in [0.05, 0.1) is 5.54 Å². The lowest BCUT2D eigenvalue weighted by molar-refractivity contribution is -0.126. The Labute approximate surface area is 144 Å². The van der Waals surface area contributed by atoms with Crippen molar-refractivity contribution in [2.24, 2.45) is 5.73 Å². The van der Waals surface area contributed by atoms with E-state index in [0.717, 1.165) is 30.6 Å². The standard InChI is InChI=1S/C17H25N3O2.ClH/c1-3-9-17(2,18)16(22)19-12-13-6-4-7-14(11-13)20-10-5-8-15(20)21;/h4,6-7,11H,3,5,8-10,12,18H2,1-2H3,(H,19,22);1H. The Bertz CT molecular complexity index is 561. The second-order valence-electron chi connectivity index (χ2n) is 6.17. The van der Waals surface area contributed by atoms with Gasteiger partial charge in [-0.3, -0.25) is 9.59 Å². The minimum atomic E-state index is -0.836. The molecule has 6 heteroatoms. The number of amides is 2. The third-order valence-corrected chi connectivity index (χ3v) is 4.04. The van der Waals surface area contributed by atoms with Crippen LogP contribution in [0.3, 0.4) is 0 Å². The van der Waals surface area contributed by atoms with Crippen molar-refractivity contribution in [3.8, 4) is 0 Å². The molecule has 0 aromatic heterocycles. The number of nitrogens with one attached hydrogen (secondary N) is 1. The Morgan fingerprint density at radius 1 is 1.43 bits per heavy atom. The fraction of sp³-hybridized carbons (Fsp3) is 0.529. The highest BCUT2D eigenvalue weighted by Gasteiger charge is 2.27. The van der Waals surface area contributed by atoms with Crippen LogP contribution in [-0.4, -0.2) is 23.9 Å². The fourth-order valence-corrected chi connectivity index (χ4v) is 2.77. The second-order valence-corrected chi connectivity index (χ2v) is 6.17. The van der Waals surface area contributed by atoms with Gasteiger partial charge < -0.3 is 16.0 Å². The van der Waals surface area contributed by atoms with E-state index in [4.69, 9.17) is 5.73 Å². The average Bonchev–Trinajstić information content (AvgIpc) is 2.91. The number of rotatable bonds is 6. The first-order valence-corrected chi connectivity index (χ1v) is 7.90. The summed E-state index contributed by atoms with van der Waals surface area (Å²) in [6.07, 6.45) is 3.04. The maximum Gasteiger partial charge on any atom is 0.240 e. The number of anilines is 1. The van der Waals surface area contributed by atoms with Gasteiger partial charge in [-0.1, -0.05) is 25.5 Å². The van der Waals surface area contributed by atoms with Crippen LogP contribution >= 0.6 is 12.4 Å². The lowest BCUT2D eigenvalue weighted by Crippen LogP contribution is -2.51. The number of hydrogen-bond donors (Lipinski definition) is 2. The Morgan fingerprint density at radius 2 is 2.17 bits per heavy atom. The molecule has 1 aromatic carbocycles. The van der Waals surface area contributed by atoms with Crippen LogP contribution < -0.4 is 16.0 Å². The second kappa shape index (κ2) is 8.31. The predicted octanol–water partition coefficient (Wildman–Crippen LogP) is 2.37. The number of nitrogens with two attached hydrogens (primary N) is 1. The van der Waals surface area contributed by atoms with Gasteiger partial charge in [0.1, 0.15) is 0 Å². The van der Waals surface area contributed by atoms with Gasteiger partial charge in [-0.2, -0.15) is 0 Å². The van der Waals surface area contributed by atoms with E-state index in [1.807, 2.05) is 31.2 Å². The van der Waals surface area contributed by atoms with Crippen LogP contribution in [-0.2, 0) is 16.1 Å². The first kappa shape index (κ1) is 19.5. The van der Waals surface area contributed by atoms with Gasteiger partial charge in [-0.15, -0.1) is 12.4 Å². The molecule has 0 spiro atoms. The van der Waals surface area contributed by atoms with Crippen molar-refractivity contribution in [3.63, 3.8) is 0 Å². The van der Waals surface area contributed by atoms with Crippen LogP contribution in [0, 0.1) is 0 Å². The minimum absolute atomic E-state index is 0. The van der Waals surface area contributed by atoms with Crippen molar-refractivity contribution in [2.75, 3.05) is 11.4 Å². The molecule has 0 bridgehead atoms. The van der Waals surface area contributed by atoms with Gasteiger partial charge >= 0.3 is 0 Å². The lowest BCUT2D eigenvalue weighted by atomic mass is 9.96. The quantitative estimate of drug-likeness (QED) is 0.835. The summed E-state index contributed by atoms with van der Waals surface area (Å²) in [6, 6.07) is 7.74. The molecule has 1 aliphatic heterocycles. The zero-order valence-electron chi connectivity index (χ0n) is 13.8. The van der Waals surface area contributed by atoms with Crippen LogP contribution in [0.2, 0.25) is 0 Å². The van der Waals surface area contributed by atoms with E-state index >= 15 is 0 Å². The van der Waals surface area contributed by atoms with E-state index in [2.05, 4.69) is 5.32 Å². The zero-order chi connectivity index (χ0) is 16.2. The summed E-state index contributed by atoms with van der Waals surface area (Å²) in [4.78, 5) is 25.7. The maximum atomic E-state index is 12.1. The highest BCUT2D eigenvalue weighted by molar-refractivity contribution is 5.95. The van der Waals surface area contributed by atoms with E-state index in [-0.39, 0.29) is 24.2 Å². The van der Waals surface area contributed by atoms with Crippen molar-refractivity contribution in [1.29, 1.82) is 0 Å². The molecule has 0 aliphatic carbocycles. The summed E-state index contributed by atoms with van der Waals surface area (Å²) in [6.45, 7) is 4.96. The molecule has 1 atom stereocenters. The average molecular weight is 340 g/mol. The monoisotopic (exact) mass is 339 g/mol. The minimum Gasteiger partial charge on any atom is -0.350 e. The summed E-state index contributed by atoms with van der Waals surface area (Å²) in [7, 11) is 0. The number of hydrogen-bond acceptors (Lipinski definition) is 3. The summed E-state index contributed by atoms with van der Waals surface area (Å²) in [5.74, 6) is 0.0238. The molecule has 2 rings (SSSR count). The molecule has 23 heavy (non-hydrogen) atoms. The van der Waals surface area contributed by atoms with E-state index in [0.29, 0.717) is 19.4 Å². The molecule has 1 unspecified atom stereocenters. The van der Waals surface area contributed by atoms with Crippen LogP contribution in [0.5, 0.6) is 0 Å². The number of halogens is 1. The van der Waals surface area contributed by atoms with Crippen molar-refractivity contribution in [1.82, 2.24) is 5.32 Å². The van der Waals surface area contributed by atoms with E-state index < -0.39 is 5.54 Å². The molecule has 5 nitrogen and oxygen atoms in total. The van der Waals surface area contributed by atoms with Crippen molar-refractivity contribution in [3.05, 3.63) is 29.8 Å². The highest BCUT2D eigenvalue weighted by Crippen LogP contribution is 2.22. The molecule has 1 aliphatic rings. The number of benzene rings is 1. The third-order valence-electron chi connectivity index (χ3n) is 4.04. The molecule has 3 N–H and O–H groups in total. The van der Waals surface area contributed by atoms with E-state index in [9.17, 15) is 9.59 Å². The Hall–Kier alpha value is -1.59. The first-order chi connectivity index (χ1) is 10.4. The summed E-state index contributed by atoms with van der Waals surface area (Å²) in [5.41, 5.74) is 7.05. The Kier molecular flexibility index (Phi) is 7.03. The number of carbonyl (C=O) groups excluding carboxylic acids is 2. The molecule has 0 radical (unpaired) electrons. The summed E-state index contributed by atoms with van der Waals surface area (Å²) in [5, 5.41) is 2.89. The van der Waals surface area contributed by atoms with Gasteiger partial charge in [0.2, 0.25) is 11.8 Å². The Morgan fingerprint density at radius 3 is 2.78 bits per heavy atom. The smallest absolute Gasteiger partial charge is 0.240 e. The summed E-state index contributed by atoms with van der Waals surface area (Å²) < 4.78 is 0. The van der Waals surface area contributed by atoms with E-state index in [1.54, 1.807) is 11.8 Å². The highest BCUT2D eigenvalue weighted by atomic mass is 35.5. The third kappa shape index (κ3) is 4.94. The normalized spacial score (nSPS) is 16.7. The van der Waals surface area contributed by atoms with Gasteiger partial charge in [0.25, 0.3) is 0 Å². The van der Waals surface area contributed by atoms with Gasteiger partial charge in [-0.25, -0.2) is 0 Å². The fourth-order valence-electron chi connectivity index (χ4n) is 2.77. The number of carbonyl (C=O) groups is 2. The van der Waals surface area contributed by atoms with Crippen molar-refractivity contribution in [2.45, 2.75) is 51.6 Å². The maximum absolute atomic E-state index is 12.1.